The van der Waals surface area contributed by atoms with Crippen LogP contribution in [0.1, 0.15) is 34.1 Å². The van der Waals surface area contributed by atoms with Crippen LogP contribution < -0.4 is 11.1 Å². The fourth-order valence-electron chi connectivity index (χ4n) is 1.56. The van der Waals surface area contributed by atoms with Crippen LogP contribution in [0.15, 0.2) is 0 Å². The van der Waals surface area contributed by atoms with E-state index in [-0.39, 0.29) is 11.9 Å². The smallest absolute Gasteiger partial charge is 0.237 e. The summed E-state index contributed by atoms with van der Waals surface area (Å²) in [4.78, 5) is 13.9. The fraction of sp³-hybridized carbons (Fsp3) is 0.923. The first-order valence-electron chi connectivity index (χ1n) is 6.56. The first-order valence-corrected chi connectivity index (χ1v) is 6.56. The summed E-state index contributed by atoms with van der Waals surface area (Å²) in [5.74, 6) is 1.16. The van der Waals surface area contributed by atoms with Crippen LogP contribution in [0, 0.1) is 11.8 Å². The minimum Gasteiger partial charge on any atom is -0.355 e. The molecule has 0 aliphatic heterocycles. The van der Waals surface area contributed by atoms with E-state index in [4.69, 9.17) is 5.73 Å². The Morgan fingerprint density at radius 2 is 1.88 bits per heavy atom. The van der Waals surface area contributed by atoms with Gasteiger partial charge in [-0.15, -0.1) is 0 Å². The average Bonchev–Trinajstić information content (AvgIpc) is 2.26. The molecule has 0 aliphatic carbocycles. The molecule has 0 aliphatic rings. The van der Waals surface area contributed by atoms with Crippen LogP contribution in [0.5, 0.6) is 0 Å². The largest absolute Gasteiger partial charge is 0.355 e. The van der Waals surface area contributed by atoms with Crippen molar-refractivity contribution >= 4 is 5.91 Å². The minimum absolute atomic E-state index is 0.0869. The van der Waals surface area contributed by atoms with Crippen LogP contribution in [0.4, 0.5) is 0 Å². The zero-order chi connectivity index (χ0) is 13.4. The maximum atomic E-state index is 11.9. The molecule has 0 spiro atoms. The van der Waals surface area contributed by atoms with E-state index in [9.17, 15) is 4.79 Å². The lowest BCUT2D eigenvalue weighted by Crippen LogP contribution is -2.45. The summed E-state index contributed by atoms with van der Waals surface area (Å²) in [6.45, 7) is 10.6. The van der Waals surface area contributed by atoms with E-state index in [1.165, 1.54) is 0 Å². The predicted molar refractivity (Wildman–Crippen MR) is 72.8 cm³/mol. The molecule has 0 fully saturated rings. The van der Waals surface area contributed by atoms with Crippen molar-refractivity contribution in [2.24, 2.45) is 17.6 Å². The first-order chi connectivity index (χ1) is 7.88. The monoisotopic (exact) mass is 243 g/mol. The van der Waals surface area contributed by atoms with Gasteiger partial charge < -0.3 is 11.1 Å². The van der Waals surface area contributed by atoms with E-state index in [1.54, 1.807) is 0 Å². The number of rotatable bonds is 8. The van der Waals surface area contributed by atoms with Gasteiger partial charge in [0.15, 0.2) is 0 Å². The molecule has 0 aromatic rings. The zero-order valence-corrected chi connectivity index (χ0v) is 12.0. The fourth-order valence-corrected chi connectivity index (χ4v) is 1.56. The molecule has 4 nitrogen and oxygen atoms in total. The summed E-state index contributed by atoms with van der Waals surface area (Å²) in [5.41, 5.74) is 5.58. The van der Waals surface area contributed by atoms with Gasteiger partial charge in [0, 0.05) is 13.1 Å². The molecule has 2 atom stereocenters. The van der Waals surface area contributed by atoms with Gasteiger partial charge in [0.2, 0.25) is 5.91 Å². The highest BCUT2D eigenvalue weighted by atomic mass is 16.2. The molecule has 2 unspecified atom stereocenters. The molecule has 1 amide bonds. The van der Waals surface area contributed by atoms with Crippen molar-refractivity contribution in [1.29, 1.82) is 0 Å². The normalized spacial score (nSPS) is 15.1. The maximum absolute atomic E-state index is 11.9. The Kier molecular flexibility index (Phi) is 8.17. The summed E-state index contributed by atoms with van der Waals surface area (Å²) in [7, 11) is 1.97. The number of hydrogen-bond donors (Lipinski definition) is 2. The molecule has 0 bridgehead atoms. The Morgan fingerprint density at radius 1 is 1.29 bits per heavy atom. The van der Waals surface area contributed by atoms with Crippen LogP contribution in [-0.2, 0) is 4.79 Å². The number of nitrogens with two attached hydrogens (primary N) is 1. The van der Waals surface area contributed by atoms with Gasteiger partial charge in [-0.3, -0.25) is 9.69 Å². The van der Waals surface area contributed by atoms with Crippen molar-refractivity contribution in [1.82, 2.24) is 10.2 Å². The van der Waals surface area contributed by atoms with E-state index >= 15 is 0 Å². The third-order valence-electron chi connectivity index (χ3n) is 3.06. The Bertz CT molecular complexity index is 219. The number of carbonyl (C=O) groups is 1. The summed E-state index contributed by atoms with van der Waals surface area (Å²) in [6, 6.07) is -0.0869. The van der Waals surface area contributed by atoms with E-state index < -0.39 is 0 Å². The van der Waals surface area contributed by atoms with Crippen molar-refractivity contribution in [3.63, 3.8) is 0 Å². The van der Waals surface area contributed by atoms with Crippen molar-refractivity contribution in [2.75, 3.05) is 26.7 Å². The Morgan fingerprint density at radius 3 is 2.35 bits per heavy atom. The van der Waals surface area contributed by atoms with Gasteiger partial charge in [0.1, 0.15) is 0 Å². The quantitative estimate of drug-likeness (QED) is 0.670. The SMILES string of the molecule is CC(C)CCNC(=O)C(C)N(C)CC(C)CN. The third-order valence-corrected chi connectivity index (χ3v) is 3.06. The standard InChI is InChI=1S/C13H29N3O/c1-10(2)6-7-15-13(17)12(4)16(5)9-11(3)8-14/h10-12H,6-9,14H2,1-5H3,(H,15,17). The highest BCUT2D eigenvalue weighted by Crippen LogP contribution is 2.02. The summed E-state index contributed by atoms with van der Waals surface area (Å²) < 4.78 is 0. The van der Waals surface area contributed by atoms with Gasteiger partial charge in [-0.05, 0) is 38.8 Å². The van der Waals surface area contributed by atoms with Crippen LogP contribution >= 0.6 is 0 Å². The number of nitrogens with zero attached hydrogens (tertiary/aromatic N) is 1. The van der Waals surface area contributed by atoms with Crippen LogP contribution in [0.25, 0.3) is 0 Å². The molecule has 0 saturated carbocycles. The van der Waals surface area contributed by atoms with E-state index in [2.05, 4.69) is 31.0 Å². The summed E-state index contributed by atoms with van der Waals surface area (Å²) in [6.07, 6.45) is 1.03. The minimum atomic E-state index is -0.0869. The van der Waals surface area contributed by atoms with E-state index in [0.717, 1.165) is 19.5 Å². The van der Waals surface area contributed by atoms with Crippen molar-refractivity contribution in [2.45, 2.75) is 40.2 Å². The van der Waals surface area contributed by atoms with Gasteiger partial charge in [0.25, 0.3) is 0 Å². The number of likely N-dealkylation sites (N-methyl/N-ethyl adjacent to an activating group) is 1. The van der Waals surface area contributed by atoms with Crippen LogP contribution in [-0.4, -0.2) is 43.5 Å². The van der Waals surface area contributed by atoms with Gasteiger partial charge in [-0.2, -0.15) is 0 Å². The number of hydrogen-bond acceptors (Lipinski definition) is 3. The molecular weight excluding hydrogens is 214 g/mol. The lowest BCUT2D eigenvalue weighted by molar-refractivity contribution is -0.125. The zero-order valence-electron chi connectivity index (χ0n) is 12.0. The molecule has 4 heteroatoms. The second kappa shape index (κ2) is 8.48. The maximum Gasteiger partial charge on any atom is 0.237 e. The molecular formula is C13H29N3O. The van der Waals surface area contributed by atoms with E-state index in [1.807, 2.05) is 14.0 Å². The lowest BCUT2D eigenvalue weighted by atomic mass is 10.1. The second-order valence-electron chi connectivity index (χ2n) is 5.43. The number of amides is 1. The predicted octanol–water partition coefficient (Wildman–Crippen LogP) is 1.06. The van der Waals surface area contributed by atoms with Crippen LogP contribution in [0.2, 0.25) is 0 Å². The van der Waals surface area contributed by atoms with Gasteiger partial charge in [-0.1, -0.05) is 20.8 Å². The molecule has 0 heterocycles. The lowest BCUT2D eigenvalue weighted by Gasteiger charge is -2.26. The molecule has 0 aromatic heterocycles. The van der Waals surface area contributed by atoms with Crippen molar-refractivity contribution in [3.05, 3.63) is 0 Å². The first kappa shape index (κ1) is 16.4. The molecule has 17 heavy (non-hydrogen) atoms. The molecule has 0 radical (unpaired) electrons. The van der Waals surface area contributed by atoms with Crippen LogP contribution in [0.3, 0.4) is 0 Å². The molecule has 0 aromatic carbocycles. The Hall–Kier alpha value is -0.610. The summed E-state index contributed by atoms with van der Waals surface area (Å²) >= 11 is 0. The Balaban J connectivity index is 3.94. The van der Waals surface area contributed by atoms with Gasteiger partial charge >= 0.3 is 0 Å². The van der Waals surface area contributed by atoms with Gasteiger partial charge in [-0.25, -0.2) is 0 Å². The molecule has 0 rings (SSSR count). The number of nitrogens with one attached hydrogen (secondary N) is 1. The second-order valence-corrected chi connectivity index (χ2v) is 5.43. The molecule has 102 valence electrons. The Labute approximate surface area is 106 Å². The summed E-state index contributed by atoms with van der Waals surface area (Å²) in [5, 5.41) is 2.97. The van der Waals surface area contributed by atoms with Crippen molar-refractivity contribution in [3.8, 4) is 0 Å². The van der Waals surface area contributed by atoms with Crippen molar-refractivity contribution < 1.29 is 4.79 Å². The van der Waals surface area contributed by atoms with Gasteiger partial charge in [0.05, 0.1) is 6.04 Å². The number of carbonyl (C=O) groups excluding carboxylic acids is 1. The van der Waals surface area contributed by atoms with E-state index in [0.29, 0.717) is 18.4 Å². The molecule has 3 N–H and O–H groups in total. The highest BCUT2D eigenvalue weighted by molar-refractivity contribution is 5.81. The third kappa shape index (κ3) is 7.34. The topological polar surface area (TPSA) is 58.4 Å². The average molecular weight is 243 g/mol. The highest BCUT2D eigenvalue weighted by Gasteiger charge is 2.18. The molecule has 0 saturated heterocycles.